The molecule has 1 aromatic carbocycles. The molecule has 0 spiro atoms. The second-order valence-corrected chi connectivity index (χ2v) is 11.2. The molecule has 2 aliphatic carbocycles. The third-order valence-electron chi connectivity index (χ3n) is 8.37. The first-order valence-corrected chi connectivity index (χ1v) is 13.6. The van der Waals surface area contributed by atoms with Gasteiger partial charge in [-0.3, -0.25) is 4.79 Å². The lowest BCUT2D eigenvalue weighted by molar-refractivity contribution is -0.149. The minimum atomic E-state index is -4.55. The molecule has 0 unspecified atom stereocenters. The zero-order valence-electron chi connectivity index (χ0n) is 21.8. The smallest absolute Gasteiger partial charge is 0.410 e. The maximum atomic E-state index is 14.0. The molecule has 220 valence electrons. The fourth-order valence-electron chi connectivity index (χ4n) is 5.77. The molecule has 6 rings (SSSR count). The number of rotatable bonds is 7. The summed E-state index contributed by atoms with van der Waals surface area (Å²) in [6, 6.07) is 1.20. The lowest BCUT2D eigenvalue weighted by Gasteiger charge is -2.32. The number of oxazole rings is 1. The van der Waals surface area contributed by atoms with E-state index in [-0.39, 0.29) is 55.6 Å². The van der Waals surface area contributed by atoms with Gasteiger partial charge in [0.25, 0.3) is 5.91 Å². The first kappa shape index (κ1) is 27.5. The van der Waals surface area contributed by atoms with Crippen molar-refractivity contribution in [3.05, 3.63) is 47.2 Å². The number of nitrogens with zero attached hydrogens (tertiary/aromatic N) is 3. The number of carbonyl (C=O) groups is 2. The number of hydrogen-bond acceptors (Lipinski definition) is 6. The molecule has 3 aromatic rings. The maximum Gasteiger partial charge on any atom is 0.410 e. The zero-order valence-corrected chi connectivity index (χ0v) is 21.8. The van der Waals surface area contributed by atoms with Gasteiger partial charge in [-0.25, -0.2) is 18.6 Å². The molecule has 14 heteroatoms. The number of aromatic nitrogens is 2. The standard InChI is InChI=1S/C27H28F5N5O4/c28-26(29)8-6-16(7-9-26)21(35-23(38)22-17(13-40-36-22)15-2-1-3-15)24-33-18-10-14(4-5-19(18)41-24)11-37-12-20(27(30,31)32)34-25(37)39/h4-5,10,13,15-16,20-21H,1-3,6-9,11-12H2,(H,34,39)(H,35,38)/t20-,21-/m0/s1. The van der Waals surface area contributed by atoms with Gasteiger partial charge in [0, 0.05) is 24.9 Å². The van der Waals surface area contributed by atoms with E-state index in [0.29, 0.717) is 22.2 Å². The number of fused-ring (bicyclic) bond motifs is 1. The van der Waals surface area contributed by atoms with Crippen molar-refractivity contribution in [1.82, 2.24) is 25.7 Å². The van der Waals surface area contributed by atoms with Crippen LogP contribution in [0.1, 0.15) is 84.4 Å². The van der Waals surface area contributed by atoms with Crippen molar-refractivity contribution in [1.29, 1.82) is 0 Å². The normalized spacial score (nSPS) is 22.5. The highest BCUT2D eigenvalue weighted by Gasteiger charge is 2.47. The van der Waals surface area contributed by atoms with Crippen molar-refractivity contribution in [2.75, 3.05) is 6.54 Å². The van der Waals surface area contributed by atoms with E-state index in [0.717, 1.165) is 24.2 Å². The molecule has 2 aromatic heterocycles. The largest absolute Gasteiger partial charge is 0.438 e. The molecule has 2 atom stereocenters. The van der Waals surface area contributed by atoms with E-state index in [1.54, 1.807) is 18.2 Å². The molecular weight excluding hydrogens is 553 g/mol. The summed E-state index contributed by atoms with van der Waals surface area (Å²) in [5.41, 5.74) is 2.10. The molecule has 1 saturated heterocycles. The van der Waals surface area contributed by atoms with Crippen molar-refractivity contribution in [2.45, 2.75) is 81.6 Å². The highest BCUT2D eigenvalue weighted by Crippen LogP contribution is 2.42. The molecule has 2 saturated carbocycles. The maximum absolute atomic E-state index is 14.0. The Morgan fingerprint density at radius 3 is 2.61 bits per heavy atom. The number of carbonyl (C=O) groups excluding carboxylic acids is 2. The van der Waals surface area contributed by atoms with Gasteiger partial charge in [-0.2, -0.15) is 13.2 Å². The summed E-state index contributed by atoms with van der Waals surface area (Å²) in [6.07, 6.45) is -0.577. The van der Waals surface area contributed by atoms with Gasteiger partial charge in [0.1, 0.15) is 23.9 Å². The lowest BCUT2D eigenvalue weighted by atomic mass is 9.80. The van der Waals surface area contributed by atoms with E-state index >= 15 is 0 Å². The first-order chi connectivity index (χ1) is 19.5. The average molecular weight is 582 g/mol. The molecule has 3 aliphatic rings. The number of halogens is 5. The number of urea groups is 1. The number of amides is 3. The minimum absolute atomic E-state index is 0.0788. The van der Waals surface area contributed by atoms with Crippen LogP contribution < -0.4 is 10.6 Å². The lowest BCUT2D eigenvalue weighted by Crippen LogP contribution is -2.40. The van der Waals surface area contributed by atoms with Crippen LogP contribution in [0.2, 0.25) is 0 Å². The summed E-state index contributed by atoms with van der Waals surface area (Å²) in [4.78, 5) is 31.0. The number of hydrogen-bond donors (Lipinski definition) is 2. The summed E-state index contributed by atoms with van der Waals surface area (Å²) < 4.78 is 78.1. The zero-order chi connectivity index (χ0) is 28.9. The minimum Gasteiger partial charge on any atom is -0.438 e. The van der Waals surface area contributed by atoms with Crippen molar-refractivity contribution in [3.63, 3.8) is 0 Å². The topological polar surface area (TPSA) is 114 Å². The summed E-state index contributed by atoms with van der Waals surface area (Å²) in [5.74, 6) is -3.35. The third-order valence-corrected chi connectivity index (χ3v) is 8.37. The summed E-state index contributed by atoms with van der Waals surface area (Å²) in [5, 5.41) is 8.74. The van der Waals surface area contributed by atoms with Crippen LogP contribution >= 0.6 is 0 Å². The molecule has 0 bridgehead atoms. The monoisotopic (exact) mass is 581 g/mol. The van der Waals surface area contributed by atoms with Crippen LogP contribution in [0.5, 0.6) is 0 Å². The molecule has 1 aliphatic heterocycles. The van der Waals surface area contributed by atoms with E-state index in [9.17, 15) is 31.5 Å². The van der Waals surface area contributed by atoms with Gasteiger partial charge in [-0.15, -0.1) is 0 Å². The van der Waals surface area contributed by atoms with Crippen LogP contribution in [0.4, 0.5) is 26.7 Å². The molecule has 3 amide bonds. The number of nitrogens with one attached hydrogen (secondary N) is 2. The summed E-state index contributed by atoms with van der Waals surface area (Å²) in [6.45, 7) is -0.597. The van der Waals surface area contributed by atoms with E-state index < -0.39 is 42.7 Å². The van der Waals surface area contributed by atoms with Crippen molar-refractivity contribution in [2.24, 2.45) is 5.92 Å². The van der Waals surface area contributed by atoms with Gasteiger partial charge in [-0.1, -0.05) is 17.6 Å². The Morgan fingerprint density at radius 1 is 1.20 bits per heavy atom. The summed E-state index contributed by atoms with van der Waals surface area (Å²) in [7, 11) is 0. The molecule has 3 fully saturated rings. The Morgan fingerprint density at radius 2 is 1.95 bits per heavy atom. The highest BCUT2D eigenvalue weighted by molar-refractivity contribution is 5.94. The predicted molar refractivity (Wildman–Crippen MR) is 133 cm³/mol. The Kier molecular flexibility index (Phi) is 6.89. The third kappa shape index (κ3) is 5.60. The van der Waals surface area contributed by atoms with Gasteiger partial charge in [0.05, 0.1) is 6.54 Å². The molecule has 2 N–H and O–H groups in total. The van der Waals surface area contributed by atoms with Crippen LogP contribution in [0.15, 0.2) is 33.4 Å². The Balaban J connectivity index is 1.24. The van der Waals surface area contributed by atoms with Gasteiger partial charge in [-0.05, 0) is 55.2 Å². The second kappa shape index (κ2) is 10.3. The molecule has 0 radical (unpaired) electrons. The van der Waals surface area contributed by atoms with Gasteiger partial charge in [0.15, 0.2) is 11.3 Å². The average Bonchev–Trinajstić information content (AvgIpc) is 3.60. The fraction of sp³-hybridized carbons (Fsp3) is 0.556. The number of benzene rings is 1. The molecular formula is C27H28F5N5O4. The highest BCUT2D eigenvalue weighted by atomic mass is 19.4. The van der Waals surface area contributed by atoms with Crippen molar-refractivity contribution in [3.8, 4) is 0 Å². The quantitative estimate of drug-likeness (QED) is 0.339. The Bertz CT molecular complexity index is 1440. The van der Waals surface area contributed by atoms with E-state index in [2.05, 4.69) is 15.5 Å². The van der Waals surface area contributed by atoms with Crippen LogP contribution in [-0.2, 0) is 6.54 Å². The Labute approximate surface area is 230 Å². The van der Waals surface area contributed by atoms with Crippen LogP contribution in [-0.4, -0.2) is 51.7 Å². The van der Waals surface area contributed by atoms with E-state index in [4.69, 9.17) is 8.94 Å². The molecule has 41 heavy (non-hydrogen) atoms. The van der Waals surface area contributed by atoms with Crippen LogP contribution in [0.3, 0.4) is 0 Å². The van der Waals surface area contributed by atoms with Crippen LogP contribution in [0.25, 0.3) is 11.1 Å². The molecule has 9 nitrogen and oxygen atoms in total. The van der Waals surface area contributed by atoms with Crippen LogP contribution in [0, 0.1) is 5.92 Å². The number of alkyl halides is 5. The Hall–Kier alpha value is -3.71. The van der Waals surface area contributed by atoms with Gasteiger partial charge in [0.2, 0.25) is 11.8 Å². The predicted octanol–water partition coefficient (Wildman–Crippen LogP) is 5.84. The SMILES string of the molecule is O=C(N[C@H](c1nc2cc(CN3C[C@@H](C(F)(F)F)NC3=O)ccc2o1)C1CCC(F)(F)CC1)c1nocc1C1CCC1. The van der Waals surface area contributed by atoms with Gasteiger partial charge < -0.3 is 24.5 Å². The fourth-order valence-corrected chi connectivity index (χ4v) is 5.77. The van der Waals surface area contributed by atoms with E-state index in [1.165, 1.54) is 6.26 Å². The molecule has 3 heterocycles. The second-order valence-electron chi connectivity index (χ2n) is 11.2. The summed E-state index contributed by atoms with van der Waals surface area (Å²) >= 11 is 0. The van der Waals surface area contributed by atoms with Crippen molar-refractivity contribution >= 4 is 23.0 Å². The van der Waals surface area contributed by atoms with Gasteiger partial charge >= 0.3 is 12.2 Å². The first-order valence-electron chi connectivity index (χ1n) is 13.6. The van der Waals surface area contributed by atoms with Crippen molar-refractivity contribution < 1.29 is 40.5 Å². The van der Waals surface area contributed by atoms with E-state index in [1.807, 2.05) is 5.32 Å².